The standard InChI is InChI=1S/C19H11N3O2/c20-10-12-4-3-7-17-14(12)9-8-13(21-17)11-22-18(23)15-5-1-2-6-16(15)19(22)24/h1-9H,11H2. The zero-order valence-corrected chi connectivity index (χ0v) is 12.6. The molecule has 2 heterocycles. The largest absolute Gasteiger partial charge is 0.269 e. The van der Waals surface area contributed by atoms with E-state index in [2.05, 4.69) is 11.1 Å². The van der Waals surface area contributed by atoms with Crippen LogP contribution in [0.3, 0.4) is 0 Å². The maximum absolute atomic E-state index is 12.4. The number of nitrogens with zero attached hydrogens (tertiary/aromatic N) is 3. The van der Waals surface area contributed by atoms with Crippen molar-refractivity contribution in [1.29, 1.82) is 5.26 Å². The molecular formula is C19H11N3O2. The summed E-state index contributed by atoms with van der Waals surface area (Å²) in [6.07, 6.45) is 0. The van der Waals surface area contributed by atoms with Crippen LogP contribution in [0.25, 0.3) is 10.9 Å². The number of rotatable bonds is 2. The Hall–Kier alpha value is -3.52. The summed E-state index contributed by atoms with van der Waals surface area (Å²) in [6, 6.07) is 17.8. The number of hydrogen-bond acceptors (Lipinski definition) is 4. The molecule has 0 saturated carbocycles. The lowest BCUT2D eigenvalue weighted by Crippen LogP contribution is -2.29. The van der Waals surface area contributed by atoms with Crippen molar-refractivity contribution in [2.45, 2.75) is 6.54 Å². The molecule has 2 amide bonds. The zero-order valence-electron chi connectivity index (χ0n) is 12.6. The van der Waals surface area contributed by atoms with Crippen LogP contribution in [0, 0.1) is 11.3 Å². The fourth-order valence-corrected chi connectivity index (χ4v) is 2.93. The smallest absolute Gasteiger partial charge is 0.261 e. The quantitative estimate of drug-likeness (QED) is 0.682. The van der Waals surface area contributed by atoms with Crippen LogP contribution in [0.5, 0.6) is 0 Å². The average molecular weight is 313 g/mol. The Morgan fingerprint density at radius 3 is 2.29 bits per heavy atom. The van der Waals surface area contributed by atoms with Gasteiger partial charge in [0.05, 0.1) is 40.5 Å². The molecule has 0 saturated heterocycles. The average Bonchev–Trinajstić information content (AvgIpc) is 2.86. The lowest BCUT2D eigenvalue weighted by atomic mass is 10.1. The van der Waals surface area contributed by atoms with Crippen molar-refractivity contribution >= 4 is 22.7 Å². The number of nitriles is 1. The molecule has 5 heteroatoms. The van der Waals surface area contributed by atoms with Crippen LogP contribution in [-0.2, 0) is 6.54 Å². The summed E-state index contributed by atoms with van der Waals surface area (Å²) in [7, 11) is 0. The van der Waals surface area contributed by atoms with Gasteiger partial charge in [0, 0.05) is 5.39 Å². The van der Waals surface area contributed by atoms with Crippen LogP contribution in [0.1, 0.15) is 32.0 Å². The van der Waals surface area contributed by atoms with E-state index in [1.54, 1.807) is 48.5 Å². The molecule has 0 aliphatic carbocycles. The molecule has 1 aromatic heterocycles. The van der Waals surface area contributed by atoms with Gasteiger partial charge < -0.3 is 0 Å². The van der Waals surface area contributed by atoms with Crippen molar-refractivity contribution in [2.75, 3.05) is 0 Å². The minimum Gasteiger partial charge on any atom is -0.269 e. The van der Waals surface area contributed by atoms with Gasteiger partial charge in [-0.05, 0) is 36.4 Å². The Labute approximate surface area is 137 Å². The molecule has 3 aromatic rings. The first-order chi connectivity index (χ1) is 11.7. The minimum atomic E-state index is -0.303. The molecule has 0 spiro atoms. The van der Waals surface area contributed by atoms with Crippen LogP contribution >= 0.6 is 0 Å². The first-order valence-corrected chi connectivity index (χ1v) is 7.43. The van der Waals surface area contributed by atoms with Crippen molar-refractivity contribution in [3.05, 3.63) is 77.0 Å². The minimum absolute atomic E-state index is 0.110. The molecule has 0 atom stereocenters. The summed E-state index contributed by atoms with van der Waals surface area (Å²) in [5.41, 5.74) is 2.67. The van der Waals surface area contributed by atoms with E-state index in [4.69, 9.17) is 5.26 Å². The second-order valence-electron chi connectivity index (χ2n) is 5.53. The maximum atomic E-state index is 12.4. The molecule has 1 aliphatic heterocycles. The monoisotopic (exact) mass is 313 g/mol. The van der Waals surface area contributed by atoms with Crippen molar-refractivity contribution in [3.63, 3.8) is 0 Å². The Bertz CT molecular complexity index is 1010. The van der Waals surface area contributed by atoms with Crippen molar-refractivity contribution in [2.24, 2.45) is 0 Å². The summed E-state index contributed by atoms with van der Waals surface area (Å²) < 4.78 is 0. The van der Waals surface area contributed by atoms with Gasteiger partial charge in [-0.2, -0.15) is 5.26 Å². The summed E-state index contributed by atoms with van der Waals surface area (Å²) in [5.74, 6) is -0.605. The first-order valence-electron chi connectivity index (χ1n) is 7.43. The van der Waals surface area contributed by atoms with E-state index >= 15 is 0 Å². The Morgan fingerprint density at radius 2 is 1.62 bits per heavy atom. The number of benzene rings is 2. The number of aromatic nitrogens is 1. The molecule has 0 bridgehead atoms. The van der Waals surface area contributed by atoms with E-state index in [1.165, 1.54) is 4.90 Å². The number of carbonyl (C=O) groups excluding carboxylic acids is 2. The topological polar surface area (TPSA) is 74.1 Å². The van der Waals surface area contributed by atoms with Crippen molar-refractivity contribution in [3.8, 4) is 6.07 Å². The van der Waals surface area contributed by atoms with E-state index in [0.29, 0.717) is 27.9 Å². The molecule has 0 N–H and O–H groups in total. The number of hydrogen-bond donors (Lipinski definition) is 0. The highest BCUT2D eigenvalue weighted by Crippen LogP contribution is 2.24. The van der Waals surface area contributed by atoms with Crippen molar-refractivity contribution < 1.29 is 9.59 Å². The van der Waals surface area contributed by atoms with Gasteiger partial charge in [0.1, 0.15) is 0 Å². The van der Waals surface area contributed by atoms with Gasteiger partial charge >= 0.3 is 0 Å². The van der Waals surface area contributed by atoms with Gasteiger partial charge in [-0.25, -0.2) is 0 Å². The number of imide groups is 1. The van der Waals surface area contributed by atoms with E-state index < -0.39 is 0 Å². The normalized spacial score (nSPS) is 13.2. The highest BCUT2D eigenvalue weighted by atomic mass is 16.2. The molecule has 5 nitrogen and oxygen atoms in total. The van der Waals surface area contributed by atoms with Crippen LogP contribution < -0.4 is 0 Å². The molecule has 0 unspecified atom stereocenters. The lowest BCUT2D eigenvalue weighted by Gasteiger charge is -2.13. The van der Waals surface area contributed by atoms with E-state index in [-0.39, 0.29) is 18.4 Å². The fourth-order valence-electron chi connectivity index (χ4n) is 2.93. The predicted octanol–water partition coefficient (Wildman–Crippen LogP) is 2.90. The summed E-state index contributed by atoms with van der Waals surface area (Å²) in [6.45, 7) is 0.110. The molecule has 0 fully saturated rings. The molecule has 1 aliphatic rings. The summed E-state index contributed by atoms with van der Waals surface area (Å²) in [5, 5.41) is 9.88. The predicted molar refractivity (Wildman–Crippen MR) is 87.1 cm³/mol. The van der Waals surface area contributed by atoms with E-state index in [1.807, 2.05) is 6.07 Å². The van der Waals surface area contributed by atoms with E-state index in [0.717, 1.165) is 5.39 Å². The Morgan fingerprint density at radius 1 is 0.917 bits per heavy atom. The Balaban J connectivity index is 1.70. The molecule has 24 heavy (non-hydrogen) atoms. The highest BCUT2D eigenvalue weighted by molar-refractivity contribution is 6.21. The third-order valence-electron chi connectivity index (χ3n) is 4.11. The molecule has 2 aromatic carbocycles. The van der Waals surface area contributed by atoms with Gasteiger partial charge in [-0.3, -0.25) is 19.5 Å². The zero-order chi connectivity index (χ0) is 16.7. The third kappa shape index (κ3) is 2.05. The number of pyridine rings is 1. The third-order valence-corrected chi connectivity index (χ3v) is 4.11. The highest BCUT2D eigenvalue weighted by Gasteiger charge is 2.35. The molecular weight excluding hydrogens is 302 g/mol. The SMILES string of the molecule is N#Cc1cccc2nc(CN3C(=O)c4ccccc4C3=O)ccc12. The van der Waals surface area contributed by atoms with Crippen molar-refractivity contribution in [1.82, 2.24) is 9.88 Å². The number of amides is 2. The molecule has 4 rings (SSSR count). The fraction of sp³-hybridized carbons (Fsp3) is 0.0526. The van der Waals surface area contributed by atoms with Gasteiger partial charge in [-0.15, -0.1) is 0 Å². The first kappa shape index (κ1) is 14.1. The lowest BCUT2D eigenvalue weighted by molar-refractivity contribution is 0.0640. The van der Waals surface area contributed by atoms with Gasteiger partial charge in [0.25, 0.3) is 11.8 Å². The molecule has 114 valence electrons. The van der Waals surface area contributed by atoms with Crippen LogP contribution in [-0.4, -0.2) is 21.7 Å². The van der Waals surface area contributed by atoms with Gasteiger partial charge in [-0.1, -0.05) is 18.2 Å². The second-order valence-corrected chi connectivity index (χ2v) is 5.53. The number of carbonyl (C=O) groups is 2. The summed E-state index contributed by atoms with van der Waals surface area (Å²) in [4.78, 5) is 30.5. The van der Waals surface area contributed by atoms with Crippen LogP contribution in [0.15, 0.2) is 54.6 Å². The van der Waals surface area contributed by atoms with E-state index in [9.17, 15) is 9.59 Å². The van der Waals surface area contributed by atoms with Crippen LogP contribution in [0.2, 0.25) is 0 Å². The van der Waals surface area contributed by atoms with Crippen LogP contribution in [0.4, 0.5) is 0 Å². The van der Waals surface area contributed by atoms with Gasteiger partial charge in [0.15, 0.2) is 0 Å². The Kier molecular flexibility index (Phi) is 3.10. The summed E-state index contributed by atoms with van der Waals surface area (Å²) >= 11 is 0. The maximum Gasteiger partial charge on any atom is 0.261 e. The van der Waals surface area contributed by atoms with Gasteiger partial charge in [0.2, 0.25) is 0 Å². The second kappa shape index (κ2) is 5.28. The number of fused-ring (bicyclic) bond motifs is 2. The molecule has 0 radical (unpaired) electrons.